The summed E-state index contributed by atoms with van der Waals surface area (Å²) in [4.78, 5) is 34.6. The number of para-hydroxylation sites is 1. The summed E-state index contributed by atoms with van der Waals surface area (Å²) in [6.45, 7) is 0. The molecule has 0 aliphatic carbocycles. The van der Waals surface area contributed by atoms with Crippen LogP contribution < -0.4 is 5.32 Å². The van der Waals surface area contributed by atoms with Gasteiger partial charge >= 0.3 is 11.4 Å². The highest BCUT2D eigenvalue weighted by Gasteiger charge is 2.31. The first kappa shape index (κ1) is 16.0. The number of nitrogens with one attached hydrogen (secondary N) is 1. The Hall–Kier alpha value is -3.89. The minimum absolute atomic E-state index is 0.279. The van der Waals surface area contributed by atoms with E-state index in [0.29, 0.717) is 18.6 Å². The standard InChI is InChI=1S/C14H9N5O6/c20-17(21)9-6-11(18(22)23)14(12(7-9)19(24)25)16-13-5-8-3-1-2-4-10(8)15-13/h1-4,6-7H,5H2,(H,15,16). The molecule has 2 aromatic carbocycles. The molecule has 126 valence electrons. The van der Waals surface area contributed by atoms with Crippen molar-refractivity contribution in [2.45, 2.75) is 6.42 Å². The van der Waals surface area contributed by atoms with E-state index in [1.165, 1.54) is 0 Å². The van der Waals surface area contributed by atoms with Gasteiger partial charge in [0.05, 0.1) is 26.9 Å². The number of non-ortho nitro benzene ring substituents is 1. The van der Waals surface area contributed by atoms with E-state index in [1.54, 1.807) is 18.2 Å². The second kappa shape index (κ2) is 5.96. The molecule has 0 amide bonds. The molecule has 3 rings (SSSR count). The van der Waals surface area contributed by atoms with E-state index in [1.807, 2.05) is 6.07 Å². The second-order valence-corrected chi connectivity index (χ2v) is 5.12. The van der Waals surface area contributed by atoms with Crippen LogP contribution in [-0.4, -0.2) is 20.6 Å². The minimum atomic E-state index is -0.930. The molecule has 11 heteroatoms. The zero-order valence-corrected chi connectivity index (χ0v) is 12.4. The minimum Gasteiger partial charge on any atom is -0.343 e. The van der Waals surface area contributed by atoms with Gasteiger partial charge < -0.3 is 5.32 Å². The lowest BCUT2D eigenvalue weighted by Crippen LogP contribution is -2.06. The van der Waals surface area contributed by atoms with Crippen LogP contribution in [-0.2, 0) is 6.42 Å². The quantitative estimate of drug-likeness (QED) is 0.660. The van der Waals surface area contributed by atoms with Crippen molar-refractivity contribution in [1.29, 1.82) is 0 Å². The maximum atomic E-state index is 11.2. The Morgan fingerprint density at radius 3 is 2.04 bits per heavy atom. The molecule has 0 saturated carbocycles. The summed E-state index contributed by atoms with van der Waals surface area (Å²) in [6.07, 6.45) is 0.307. The number of nitrogens with zero attached hydrogens (tertiary/aromatic N) is 4. The third-order valence-corrected chi connectivity index (χ3v) is 3.56. The topological polar surface area (TPSA) is 154 Å². The van der Waals surface area contributed by atoms with Crippen LogP contribution in [0.2, 0.25) is 0 Å². The van der Waals surface area contributed by atoms with Crippen molar-refractivity contribution in [3.8, 4) is 0 Å². The number of hydrogen-bond donors (Lipinski definition) is 1. The van der Waals surface area contributed by atoms with Crippen molar-refractivity contribution in [3.63, 3.8) is 0 Å². The maximum absolute atomic E-state index is 11.2. The number of rotatable bonds is 4. The van der Waals surface area contributed by atoms with Gasteiger partial charge in [-0.2, -0.15) is 0 Å². The molecule has 1 heterocycles. The third kappa shape index (κ3) is 2.97. The first-order chi connectivity index (χ1) is 11.9. The fourth-order valence-electron chi connectivity index (χ4n) is 2.47. The van der Waals surface area contributed by atoms with Crippen molar-refractivity contribution in [2.24, 2.45) is 4.99 Å². The summed E-state index contributed by atoms with van der Waals surface area (Å²) in [5, 5.41) is 36.3. The fraction of sp³-hybridized carbons (Fsp3) is 0.0714. The lowest BCUT2D eigenvalue weighted by atomic mass is 10.1. The highest BCUT2D eigenvalue weighted by molar-refractivity contribution is 6.05. The number of benzene rings is 2. The Labute approximate surface area is 139 Å². The van der Waals surface area contributed by atoms with Gasteiger partial charge in [0.1, 0.15) is 5.84 Å². The van der Waals surface area contributed by atoms with Gasteiger partial charge in [-0.05, 0) is 11.6 Å². The lowest BCUT2D eigenvalue weighted by Gasteiger charge is -2.02. The molecule has 0 fully saturated rings. The number of hydrogen-bond acceptors (Lipinski definition) is 7. The van der Waals surface area contributed by atoms with Crippen LogP contribution >= 0.6 is 0 Å². The summed E-state index contributed by atoms with van der Waals surface area (Å²) in [6, 6.07) is 8.51. The van der Waals surface area contributed by atoms with E-state index in [4.69, 9.17) is 0 Å². The zero-order valence-electron chi connectivity index (χ0n) is 12.4. The van der Waals surface area contributed by atoms with Gasteiger partial charge in [0, 0.05) is 12.1 Å². The van der Waals surface area contributed by atoms with E-state index < -0.39 is 37.5 Å². The molecule has 0 spiro atoms. The predicted octanol–water partition coefficient (Wildman–Crippen LogP) is 3.11. The monoisotopic (exact) mass is 343 g/mol. The molecule has 25 heavy (non-hydrogen) atoms. The molecule has 2 aromatic rings. The SMILES string of the molecule is O=[N+]([O-])c1cc([N+](=O)[O-])c(N=C2Cc3ccccc3N2)c([N+](=O)[O-])c1. The van der Waals surface area contributed by atoms with E-state index >= 15 is 0 Å². The van der Waals surface area contributed by atoms with Crippen LogP contribution in [0.15, 0.2) is 41.4 Å². The number of fused-ring (bicyclic) bond motifs is 1. The van der Waals surface area contributed by atoms with E-state index in [2.05, 4.69) is 10.3 Å². The van der Waals surface area contributed by atoms with Crippen molar-refractivity contribution < 1.29 is 14.8 Å². The van der Waals surface area contributed by atoms with Crippen LogP contribution in [0.5, 0.6) is 0 Å². The first-order valence-electron chi connectivity index (χ1n) is 6.90. The Kier molecular flexibility index (Phi) is 3.81. The molecule has 0 aromatic heterocycles. The largest absolute Gasteiger partial charge is 0.343 e. The molecule has 11 nitrogen and oxygen atoms in total. The molecule has 0 radical (unpaired) electrons. The summed E-state index contributed by atoms with van der Waals surface area (Å²) >= 11 is 0. The Bertz CT molecular complexity index is 892. The first-order valence-corrected chi connectivity index (χ1v) is 6.90. The van der Waals surface area contributed by atoms with Gasteiger partial charge in [-0.25, -0.2) is 4.99 Å². The fourth-order valence-corrected chi connectivity index (χ4v) is 2.47. The zero-order chi connectivity index (χ0) is 18.1. The number of anilines is 1. The van der Waals surface area contributed by atoms with E-state index in [9.17, 15) is 30.3 Å². The summed E-state index contributed by atoms with van der Waals surface area (Å²) in [7, 11) is 0. The molecule has 1 N–H and O–H groups in total. The number of aliphatic imine (C=N–C) groups is 1. The van der Waals surface area contributed by atoms with Gasteiger partial charge in [-0.3, -0.25) is 30.3 Å². The van der Waals surface area contributed by atoms with Gasteiger partial charge in [0.2, 0.25) is 5.69 Å². The lowest BCUT2D eigenvalue weighted by molar-refractivity contribution is -0.402. The third-order valence-electron chi connectivity index (χ3n) is 3.56. The van der Waals surface area contributed by atoms with Gasteiger partial charge in [-0.15, -0.1) is 0 Å². The molecule has 0 unspecified atom stereocenters. The van der Waals surface area contributed by atoms with Crippen molar-refractivity contribution >= 4 is 34.3 Å². The number of nitro groups is 3. The Morgan fingerprint density at radius 2 is 1.52 bits per heavy atom. The predicted molar refractivity (Wildman–Crippen MR) is 87.3 cm³/mol. The average Bonchev–Trinajstić information content (AvgIpc) is 2.96. The molecule has 1 aliphatic heterocycles. The Morgan fingerprint density at radius 1 is 0.920 bits per heavy atom. The molecule has 0 bridgehead atoms. The molecular formula is C14H9N5O6. The van der Waals surface area contributed by atoms with Gasteiger partial charge in [-0.1, -0.05) is 18.2 Å². The van der Waals surface area contributed by atoms with Crippen LogP contribution in [0.25, 0.3) is 0 Å². The van der Waals surface area contributed by atoms with Crippen molar-refractivity contribution in [3.05, 3.63) is 72.3 Å². The summed E-state index contributed by atoms with van der Waals surface area (Å²) < 4.78 is 0. The number of nitro benzene ring substituents is 3. The van der Waals surface area contributed by atoms with Crippen LogP contribution in [0, 0.1) is 30.3 Å². The summed E-state index contributed by atoms with van der Waals surface area (Å²) in [5.41, 5.74) is -1.25. The van der Waals surface area contributed by atoms with Crippen LogP contribution in [0.3, 0.4) is 0 Å². The Balaban J connectivity index is 2.15. The van der Waals surface area contributed by atoms with Gasteiger partial charge in [0.15, 0.2) is 0 Å². The smallest absolute Gasteiger partial charge is 0.308 e. The molecule has 0 atom stereocenters. The average molecular weight is 343 g/mol. The van der Waals surface area contributed by atoms with Crippen LogP contribution in [0.1, 0.15) is 5.56 Å². The number of amidine groups is 1. The van der Waals surface area contributed by atoms with Crippen molar-refractivity contribution in [2.75, 3.05) is 5.32 Å². The van der Waals surface area contributed by atoms with E-state index in [-0.39, 0.29) is 5.84 Å². The highest BCUT2D eigenvalue weighted by atomic mass is 16.6. The molecule has 1 aliphatic rings. The second-order valence-electron chi connectivity index (χ2n) is 5.12. The maximum Gasteiger partial charge on any atom is 0.308 e. The normalized spacial score (nSPS) is 14.0. The summed E-state index contributed by atoms with van der Waals surface area (Å²) in [5.74, 6) is 0.279. The highest BCUT2D eigenvalue weighted by Crippen LogP contribution is 2.41. The van der Waals surface area contributed by atoms with Gasteiger partial charge in [0.25, 0.3) is 5.69 Å². The molecule has 0 saturated heterocycles. The molecular weight excluding hydrogens is 334 g/mol. The van der Waals surface area contributed by atoms with Crippen molar-refractivity contribution in [1.82, 2.24) is 0 Å². The van der Waals surface area contributed by atoms with E-state index in [0.717, 1.165) is 11.3 Å². The van der Waals surface area contributed by atoms with Crippen LogP contribution in [0.4, 0.5) is 28.4 Å².